The molecule has 1 aromatic rings. The lowest BCUT2D eigenvalue weighted by Crippen LogP contribution is -2.47. The van der Waals surface area contributed by atoms with Crippen LogP contribution in [0.5, 0.6) is 5.75 Å². The van der Waals surface area contributed by atoms with Gasteiger partial charge in [-0.05, 0) is 56.5 Å². The van der Waals surface area contributed by atoms with Crippen LogP contribution in [0.1, 0.15) is 39.0 Å². The van der Waals surface area contributed by atoms with Crippen LogP contribution in [-0.4, -0.2) is 94.9 Å². The molecule has 1 aliphatic carbocycles. The molecule has 13 heteroatoms. The summed E-state index contributed by atoms with van der Waals surface area (Å²) in [5.41, 5.74) is -0.595. The molecule has 3 aliphatic heterocycles. The first-order valence-electron chi connectivity index (χ1n) is 15.1. The predicted molar refractivity (Wildman–Crippen MR) is 160 cm³/mol. The van der Waals surface area contributed by atoms with E-state index in [9.17, 15) is 29.0 Å². The Morgan fingerprint density at radius 2 is 2.00 bits per heavy atom. The number of piperidine rings is 1. The molecule has 3 N–H and O–H groups in total. The number of carboxylic acids is 1. The van der Waals surface area contributed by atoms with Crippen LogP contribution < -0.4 is 15.0 Å². The third kappa shape index (κ3) is 7.36. The molecule has 242 valence electrons. The zero-order valence-electron chi connectivity index (χ0n) is 25.1. The second-order valence-corrected chi connectivity index (χ2v) is 11.7. The number of nitrogens with zero attached hydrogens (tertiary/aromatic N) is 3. The minimum atomic E-state index is -1.32. The van der Waals surface area contributed by atoms with Gasteiger partial charge >= 0.3 is 12.1 Å². The Hall–Kier alpha value is -4.23. The van der Waals surface area contributed by atoms with Crippen LogP contribution in [0, 0.1) is 5.82 Å². The summed E-state index contributed by atoms with van der Waals surface area (Å²) >= 11 is 0. The van der Waals surface area contributed by atoms with E-state index >= 15 is 4.39 Å². The SMILES string of the molecule is C=C/C(F)=C(\C=C1/CC(=O)C(C(=O)O)=CN1C1CC1)N1CCC(O)(COc2ccc(N3C[C@H](CNCC)OC3=O)cc2F)CC1. The van der Waals surface area contributed by atoms with Crippen LogP contribution in [0.25, 0.3) is 0 Å². The van der Waals surface area contributed by atoms with Gasteiger partial charge in [-0.1, -0.05) is 13.5 Å². The van der Waals surface area contributed by atoms with Crippen molar-refractivity contribution in [1.29, 1.82) is 0 Å². The van der Waals surface area contributed by atoms with Gasteiger partial charge in [0.25, 0.3) is 0 Å². The first-order chi connectivity index (χ1) is 21.5. The van der Waals surface area contributed by atoms with Crippen molar-refractivity contribution in [3.8, 4) is 5.75 Å². The molecule has 3 heterocycles. The number of anilines is 1. The van der Waals surface area contributed by atoms with Crippen molar-refractivity contribution in [2.24, 2.45) is 0 Å². The first kappa shape index (κ1) is 32.2. The van der Waals surface area contributed by atoms with Crippen molar-refractivity contribution in [1.82, 2.24) is 15.1 Å². The number of rotatable bonds is 12. The summed E-state index contributed by atoms with van der Waals surface area (Å²) in [6.07, 6.45) is 4.92. The molecule has 1 amide bonds. The van der Waals surface area contributed by atoms with Crippen molar-refractivity contribution in [3.63, 3.8) is 0 Å². The van der Waals surface area contributed by atoms with Crippen LogP contribution in [0.4, 0.5) is 19.3 Å². The number of amides is 1. The van der Waals surface area contributed by atoms with Crippen LogP contribution in [0.2, 0.25) is 0 Å². The van der Waals surface area contributed by atoms with E-state index in [4.69, 9.17) is 9.47 Å². The van der Waals surface area contributed by atoms with Gasteiger partial charge in [-0.25, -0.2) is 18.4 Å². The van der Waals surface area contributed by atoms with E-state index in [-0.39, 0.29) is 74.7 Å². The molecular weight excluding hydrogens is 590 g/mol. The normalized spacial score (nSPS) is 23.1. The van der Waals surface area contributed by atoms with E-state index < -0.39 is 35.1 Å². The Morgan fingerprint density at radius 3 is 2.62 bits per heavy atom. The van der Waals surface area contributed by atoms with E-state index in [0.717, 1.165) is 25.5 Å². The number of ketones is 1. The molecule has 0 spiro atoms. The summed E-state index contributed by atoms with van der Waals surface area (Å²) < 4.78 is 41.1. The zero-order chi connectivity index (χ0) is 32.3. The Kier molecular flexibility index (Phi) is 9.59. The molecule has 11 nitrogen and oxygen atoms in total. The monoisotopic (exact) mass is 628 g/mol. The molecular formula is C32H38F2N4O7. The van der Waals surface area contributed by atoms with Crippen molar-refractivity contribution in [2.75, 3.05) is 44.2 Å². The average Bonchev–Trinajstić information content (AvgIpc) is 3.79. The lowest BCUT2D eigenvalue weighted by molar-refractivity contribution is -0.134. The van der Waals surface area contributed by atoms with Crippen molar-refractivity contribution >= 4 is 23.5 Å². The predicted octanol–water partition coefficient (Wildman–Crippen LogP) is 3.62. The number of allylic oxidation sites excluding steroid dienone is 4. The maximum absolute atomic E-state index is 15.1. The summed E-state index contributed by atoms with van der Waals surface area (Å²) in [6, 6.07) is 4.20. The summed E-state index contributed by atoms with van der Waals surface area (Å²) in [4.78, 5) is 41.2. The third-order valence-electron chi connectivity index (χ3n) is 8.39. The third-order valence-corrected chi connectivity index (χ3v) is 8.39. The van der Waals surface area contributed by atoms with Gasteiger partial charge in [-0.2, -0.15) is 0 Å². The second-order valence-electron chi connectivity index (χ2n) is 11.7. The van der Waals surface area contributed by atoms with Gasteiger partial charge in [0, 0.05) is 43.6 Å². The number of aliphatic carboxylic acids is 1. The van der Waals surface area contributed by atoms with Crippen LogP contribution in [0.3, 0.4) is 0 Å². The number of likely N-dealkylation sites (tertiary alicyclic amines) is 1. The number of Topliss-reactive ketones (excluding diaryl/α,β-unsaturated/α-hetero) is 1. The number of likely N-dealkylation sites (N-methyl/N-ethyl adjacent to an activating group) is 1. The maximum Gasteiger partial charge on any atom is 0.414 e. The Morgan fingerprint density at radius 1 is 1.27 bits per heavy atom. The number of benzene rings is 1. The molecule has 5 rings (SSSR count). The fourth-order valence-electron chi connectivity index (χ4n) is 5.65. The van der Waals surface area contributed by atoms with E-state index in [1.165, 1.54) is 23.2 Å². The molecule has 0 aromatic heterocycles. The summed E-state index contributed by atoms with van der Waals surface area (Å²) in [5.74, 6) is -3.23. The lowest BCUT2D eigenvalue weighted by Gasteiger charge is -2.40. The molecule has 3 fully saturated rings. The molecule has 0 unspecified atom stereocenters. The molecule has 0 bridgehead atoms. The Balaban J connectivity index is 1.22. The van der Waals surface area contributed by atoms with Gasteiger partial charge in [-0.15, -0.1) is 0 Å². The molecule has 2 saturated heterocycles. The molecule has 4 aliphatic rings. The van der Waals surface area contributed by atoms with Gasteiger partial charge in [0.2, 0.25) is 0 Å². The number of carbonyl (C=O) groups excluding carboxylic acids is 2. The minimum absolute atomic E-state index is 0.0500. The minimum Gasteiger partial charge on any atom is -0.488 e. The first-order valence-corrected chi connectivity index (χ1v) is 15.1. The maximum atomic E-state index is 15.1. The van der Waals surface area contributed by atoms with E-state index in [0.29, 0.717) is 17.9 Å². The highest BCUT2D eigenvalue weighted by molar-refractivity contribution is 6.17. The standard InChI is InChI=1S/C32H38F2N4O7/c1-3-25(33)27(14-22-15-28(39)24(30(40)41)18-37(22)20-5-6-20)36-11-9-32(43,10-12-36)19-44-29-8-7-21(13-26(29)34)38-17-23(16-35-4-2)45-31(38)42/h3,7-8,13-14,18,20,23,35,43H,1,4-6,9-12,15-17,19H2,2H3,(H,40,41)/b22-14+,27-25-/t23-/m0/s1. The topological polar surface area (TPSA) is 132 Å². The molecule has 1 aromatic carbocycles. The highest BCUT2D eigenvalue weighted by Gasteiger charge is 2.38. The number of hydrogen-bond acceptors (Lipinski definition) is 9. The number of nitrogens with one attached hydrogen (secondary N) is 1. The number of ether oxygens (including phenoxy) is 2. The highest BCUT2D eigenvalue weighted by Crippen LogP contribution is 2.37. The van der Waals surface area contributed by atoms with Gasteiger partial charge in [0.15, 0.2) is 17.3 Å². The fourth-order valence-corrected chi connectivity index (χ4v) is 5.65. The number of halogens is 2. The number of aliphatic hydroxyl groups is 1. The van der Waals surface area contributed by atoms with Crippen LogP contribution in [0.15, 0.2) is 65.9 Å². The van der Waals surface area contributed by atoms with Gasteiger partial charge < -0.3 is 34.8 Å². The fraction of sp³-hybridized carbons (Fsp3) is 0.469. The average molecular weight is 629 g/mol. The van der Waals surface area contributed by atoms with Crippen LogP contribution >= 0.6 is 0 Å². The Bertz CT molecular complexity index is 1450. The van der Waals surface area contributed by atoms with Crippen molar-refractivity contribution in [2.45, 2.75) is 56.8 Å². The largest absolute Gasteiger partial charge is 0.488 e. The summed E-state index contributed by atoms with van der Waals surface area (Å²) in [7, 11) is 0. The zero-order valence-corrected chi connectivity index (χ0v) is 25.1. The quantitative estimate of drug-likeness (QED) is 0.233. The molecule has 0 radical (unpaired) electrons. The van der Waals surface area contributed by atoms with Crippen molar-refractivity contribution < 1.29 is 42.9 Å². The van der Waals surface area contributed by atoms with E-state index in [1.54, 1.807) is 21.9 Å². The van der Waals surface area contributed by atoms with Crippen molar-refractivity contribution in [3.05, 3.63) is 71.7 Å². The number of cyclic esters (lactones) is 1. The Labute approximate surface area is 260 Å². The number of carboxylic acid groups (broad SMARTS) is 1. The lowest BCUT2D eigenvalue weighted by atomic mass is 9.91. The molecule has 1 saturated carbocycles. The molecule has 1 atom stereocenters. The van der Waals surface area contributed by atoms with Crippen LogP contribution in [-0.2, 0) is 14.3 Å². The molecule has 45 heavy (non-hydrogen) atoms. The van der Waals surface area contributed by atoms with E-state index in [2.05, 4.69) is 11.9 Å². The number of carbonyl (C=O) groups is 3. The number of hydrogen-bond donors (Lipinski definition) is 3. The summed E-state index contributed by atoms with van der Waals surface area (Å²) in [6.45, 7) is 7.27. The van der Waals surface area contributed by atoms with Gasteiger partial charge in [0.1, 0.15) is 29.7 Å². The second kappa shape index (κ2) is 13.4. The highest BCUT2D eigenvalue weighted by atomic mass is 19.1. The smallest absolute Gasteiger partial charge is 0.414 e. The van der Waals surface area contributed by atoms with Gasteiger partial charge in [0.05, 0.1) is 24.4 Å². The van der Waals surface area contributed by atoms with Gasteiger partial charge in [-0.3, -0.25) is 9.69 Å². The summed E-state index contributed by atoms with van der Waals surface area (Å²) in [5, 5.41) is 23.8. The van der Waals surface area contributed by atoms with E-state index in [1.807, 2.05) is 6.92 Å².